The third-order valence-corrected chi connectivity index (χ3v) is 6.72. The first-order chi connectivity index (χ1) is 15.9. The van der Waals surface area contributed by atoms with Crippen LogP contribution in [0.1, 0.15) is 42.7 Å². The number of amides is 2. The van der Waals surface area contributed by atoms with Gasteiger partial charge in [0.25, 0.3) is 0 Å². The fourth-order valence-corrected chi connectivity index (χ4v) is 4.77. The van der Waals surface area contributed by atoms with Crippen LogP contribution in [0.5, 0.6) is 0 Å². The van der Waals surface area contributed by atoms with Crippen molar-refractivity contribution in [3.63, 3.8) is 0 Å². The van der Waals surface area contributed by atoms with Gasteiger partial charge >= 0.3 is 12.1 Å². The number of carboxylic acids is 1. The molecule has 0 aliphatic heterocycles. The van der Waals surface area contributed by atoms with Gasteiger partial charge in [0.2, 0.25) is 5.91 Å². The Morgan fingerprint density at radius 2 is 1.64 bits per heavy atom. The van der Waals surface area contributed by atoms with E-state index >= 15 is 0 Å². The average Bonchev–Trinajstić information content (AvgIpc) is 3.11. The zero-order valence-electron chi connectivity index (χ0n) is 18.3. The Morgan fingerprint density at radius 1 is 1.03 bits per heavy atom. The van der Waals surface area contributed by atoms with Gasteiger partial charge in [0.05, 0.1) is 6.61 Å². The second-order valence-electron chi connectivity index (χ2n) is 8.85. The highest BCUT2D eigenvalue weighted by Gasteiger charge is 2.40. The largest absolute Gasteiger partial charge is 0.480 e. The molecule has 0 bridgehead atoms. The number of carbonyl (C=O) groups is 3. The highest BCUT2D eigenvalue weighted by atomic mass is 16.5. The second kappa shape index (κ2) is 9.62. The average molecular weight is 453 g/mol. The Kier molecular flexibility index (Phi) is 6.65. The Bertz CT molecular complexity index is 1000. The summed E-state index contributed by atoms with van der Waals surface area (Å²) in [6.07, 6.45) is 1.98. The molecule has 8 nitrogen and oxygen atoms in total. The maximum Gasteiger partial charge on any atom is 0.407 e. The Morgan fingerprint density at radius 3 is 2.15 bits per heavy atom. The molecule has 1 atom stereocenters. The van der Waals surface area contributed by atoms with Crippen LogP contribution in [-0.2, 0) is 14.3 Å². The third-order valence-electron chi connectivity index (χ3n) is 6.72. The first-order valence-corrected chi connectivity index (χ1v) is 11.1. The first kappa shape index (κ1) is 22.8. The number of benzene rings is 2. The summed E-state index contributed by atoms with van der Waals surface area (Å²) in [5.41, 5.74) is 4.16. The summed E-state index contributed by atoms with van der Waals surface area (Å²) in [6.45, 7) is -0.190. The van der Waals surface area contributed by atoms with Crippen molar-refractivity contribution >= 4 is 18.0 Å². The number of carbonyl (C=O) groups excluding carboxylic acids is 2. The minimum Gasteiger partial charge on any atom is -0.480 e. The van der Waals surface area contributed by atoms with Crippen molar-refractivity contribution < 1.29 is 29.3 Å². The lowest BCUT2D eigenvalue weighted by molar-refractivity contribution is -0.143. The summed E-state index contributed by atoms with van der Waals surface area (Å²) < 4.78 is 5.56. The number of carboxylic acid groups (broad SMARTS) is 1. The van der Waals surface area contributed by atoms with Gasteiger partial charge in [-0.2, -0.15) is 0 Å². The fraction of sp³-hybridized carbons (Fsp3) is 0.400. The van der Waals surface area contributed by atoms with Gasteiger partial charge in [-0.15, -0.1) is 0 Å². The first-order valence-electron chi connectivity index (χ1n) is 11.1. The zero-order valence-corrected chi connectivity index (χ0v) is 18.3. The number of aliphatic hydroxyl groups is 1. The van der Waals surface area contributed by atoms with Crippen molar-refractivity contribution in [1.82, 2.24) is 10.6 Å². The molecule has 2 aliphatic rings. The Labute approximate surface area is 192 Å². The molecule has 1 saturated carbocycles. The van der Waals surface area contributed by atoms with E-state index in [-0.39, 0.29) is 25.5 Å². The summed E-state index contributed by atoms with van der Waals surface area (Å²) in [4.78, 5) is 35.8. The van der Waals surface area contributed by atoms with Crippen LogP contribution in [0.15, 0.2) is 48.5 Å². The molecule has 0 radical (unpaired) electrons. The van der Waals surface area contributed by atoms with Crippen LogP contribution in [0.25, 0.3) is 11.1 Å². The topological polar surface area (TPSA) is 125 Å². The van der Waals surface area contributed by atoms with Crippen LogP contribution >= 0.6 is 0 Å². The molecule has 2 aromatic rings. The Hall–Kier alpha value is -3.39. The van der Waals surface area contributed by atoms with E-state index in [9.17, 15) is 14.4 Å². The maximum absolute atomic E-state index is 12.5. The summed E-state index contributed by atoms with van der Waals surface area (Å²) in [5.74, 6) is -1.77. The van der Waals surface area contributed by atoms with Gasteiger partial charge in [0.15, 0.2) is 0 Å². The molecule has 33 heavy (non-hydrogen) atoms. The van der Waals surface area contributed by atoms with E-state index in [4.69, 9.17) is 14.9 Å². The predicted molar refractivity (Wildman–Crippen MR) is 121 cm³/mol. The number of aliphatic carboxylic acids is 1. The molecule has 8 heteroatoms. The van der Waals surface area contributed by atoms with Gasteiger partial charge in [-0.3, -0.25) is 4.79 Å². The lowest BCUT2D eigenvalue weighted by atomic mass is 9.66. The quantitative estimate of drug-likeness (QED) is 0.464. The normalized spacial score (nSPS) is 16.6. The number of ether oxygens (including phenoxy) is 1. The molecule has 2 amide bonds. The highest BCUT2D eigenvalue weighted by Crippen LogP contribution is 2.45. The van der Waals surface area contributed by atoms with Gasteiger partial charge in [0, 0.05) is 18.9 Å². The van der Waals surface area contributed by atoms with Crippen molar-refractivity contribution in [2.24, 2.45) is 5.41 Å². The molecule has 0 heterocycles. The molecule has 4 rings (SSSR count). The molecular formula is C25H28N2O6. The van der Waals surface area contributed by atoms with Crippen LogP contribution in [-0.4, -0.2) is 54.0 Å². The molecule has 174 valence electrons. The molecular weight excluding hydrogens is 424 g/mol. The van der Waals surface area contributed by atoms with Gasteiger partial charge in [-0.25, -0.2) is 9.59 Å². The van der Waals surface area contributed by atoms with E-state index in [1.165, 1.54) is 0 Å². The number of fused-ring (bicyclic) bond motifs is 3. The molecule has 0 spiro atoms. The lowest BCUT2D eigenvalue weighted by Crippen LogP contribution is -2.49. The van der Waals surface area contributed by atoms with Crippen LogP contribution in [0.2, 0.25) is 0 Å². The maximum atomic E-state index is 12.5. The highest BCUT2D eigenvalue weighted by molar-refractivity contribution is 5.84. The minimum atomic E-state index is -1.33. The van der Waals surface area contributed by atoms with Gasteiger partial charge in [-0.1, -0.05) is 55.0 Å². The number of rotatable bonds is 9. The molecule has 1 fully saturated rings. The fourth-order valence-electron chi connectivity index (χ4n) is 4.77. The Balaban J connectivity index is 1.31. The van der Waals surface area contributed by atoms with Crippen molar-refractivity contribution in [3.8, 4) is 11.1 Å². The van der Waals surface area contributed by atoms with Crippen molar-refractivity contribution in [2.45, 2.75) is 37.6 Å². The zero-order chi connectivity index (χ0) is 23.4. The molecule has 2 aromatic carbocycles. The van der Waals surface area contributed by atoms with E-state index in [2.05, 4.69) is 34.9 Å². The smallest absolute Gasteiger partial charge is 0.407 e. The molecule has 0 aromatic heterocycles. The molecule has 2 aliphatic carbocycles. The number of hydrogen-bond acceptors (Lipinski definition) is 5. The van der Waals surface area contributed by atoms with Crippen molar-refractivity contribution in [3.05, 3.63) is 59.7 Å². The van der Waals surface area contributed by atoms with E-state index < -0.39 is 36.0 Å². The number of alkyl carbamates (subject to hydrolysis) is 1. The van der Waals surface area contributed by atoms with E-state index in [0.29, 0.717) is 0 Å². The summed E-state index contributed by atoms with van der Waals surface area (Å²) in [7, 11) is 0. The predicted octanol–water partition coefficient (Wildman–Crippen LogP) is 2.65. The van der Waals surface area contributed by atoms with Crippen LogP contribution in [0.3, 0.4) is 0 Å². The van der Waals surface area contributed by atoms with Crippen LogP contribution < -0.4 is 10.6 Å². The van der Waals surface area contributed by atoms with Gasteiger partial charge < -0.3 is 25.6 Å². The minimum absolute atomic E-state index is 0.0296. The van der Waals surface area contributed by atoms with Crippen molar-refractivity contribution in [2.75, 3.05) is 19.8 Å². The summed E-state index contributed by atoms with van der Waals surface area (Å²) in [5, 5.41) is 23.2. The SMILES string of the molecule is O=C(CC1(CNC(=O)OCC2c3ccccc3-c3ccccc32)CCC1)N[C@@H](CO)C(=O)O. The number of hydrogen-bond donors (Lipinski definition) is 4. The second-order valence-corrected chi connectivity index (χ2v) is 8.85. The monoisotopic (exact) mass is 452 g/mol. The summed E-state index contributed by atoms with van der Waals surface area (Å²) in [6, 6.07) is 14.9. The number of aliphatic hydroxyl groups excluding tert-OH is 1. The molecule has 0 unspecified atom stereocenters. The van der Waals surface area contributed by atoms with Crippen LogP contribution in [0, 0.1) is 5.41 Å². The third kappa shape index (κ3) is 4.85. The standard InChI is InChI=1S/C25H28N2O6/c28-13-21(23(30)31)27-22(29)12-25(10-5-11-25)15-26-24(32)33-14-20-18-8-3-1-6-16(18)17-7-2-4-9-19(17)20/h1-4,6-9,20-21,28H,5,10-15H2,(H,26,32)(H,27,29)(H,30,31)/t21-/m0/s1. The van der Waals surface area contributed by atoms with Gasteiger partial charge in [0.1, 0.15) is 12.6 Å². The van der Waals surface area contributed by atoms with E-state index in [0.717, 1.165) is 41.5 Å². The van der Waals surface area contributed by atoms with E-state index in [1.807, 2.05) is 24.3 Å². The molecule has 0 saturated heterocycles. The number of nitrogens with one attached hydrogen (secondary N) is 2. The van der Waals surface area contributed by atoms with Gasteiger partial charge in [-0.05, 0) is 40.5 Å². The van der Waals surface area contributed by atoms with Crippen LogP contribution in [0.4, 0.5) is 4.79 Å². The molecule has 4 N–H and O–H groups in total. The lowest BCUT2D eigenvalue weighted by Gasteiger charge is -2.41. The summed E-state index contributed by atoms with van der Waals surface area (Å²) >= 11 is 0. The van der Waals surface area contributed by atoms with E-state index in [1.54, 1.807) is 0 Å². The van der Waals surface area contributed by atoms with Crippen molar-refractivity contribution in [1.29, 1.82) is 0 Å².